The van der Waals surface area contributed by atoms with Crippen molar-refractivity contribution in [1.29, 1.82) is 0 Å². The van der Waals surface area contributed by atoms with Crippen LogP contribution in [-0.4, -0.2) is 42.4 Å². The van der Waals surface area contributed by atoms with Gasteiger partial charge >= 0.3 is 0 Å². The van der Waals surface area contributed by atoms with Gasteiger partial charge in [0.05, 0.1) is 0 Å². The molecule has 2 N–H and O–H groups in total. The van der Waals surface area contributed by atoms with Gasteiger partial charge in [0.2, 0.25) is 5.91 Å². The molecule has 0 unspecified atom stereocenters. The number of nitrogens with one attached hydrogen (secondary N) is 2. The first-order chi connectivity index (χ1) is 13.6. The molecule has 0 saturated carbocycles. The summed E-state index contributed by atoms with van der Waals surface area (Å²) in [5, 5.41) is 5.90. The third-order valence-electron chi connectivity index (χ3n) is 4.95. The average molecular weight is 444 g/mol. The maximum atomic E-state index is 12.2. The van der Waals surface area contributed by atoms with E-state index < -0.39 is 0 Å². The summed E-state index contributed by atoms with van der Waals surface area (Å²) in [7, 11) is 0. The van der Waals surface area contributed by atoms with Crippen molar-refractivity contribution < 1.29 is 9.59 Å². The lowest BCUT2D eigenvalue weighted by molar-refractivity contribution is -0.122. The van der Waals surface area contributed by atoms with E-state index in [9.17, 15) is 9.59 Å². The molecule has 1 aliphatic rings. The van der Waals surface area contributed by atoms with Crippen LogP contribution in [0.15, 0.2) is 59.1 Å². The maximum Gasteiger partial charge on any atom is 0.251 e. The maximum absolute atomic E-state index is 12.2. The molecule has 28 heavy (non-hydrogen) atoms. The summed E-state index contributed by atoms with van der Waals surface area (Å²) >= 11 is 3.35. The number of amides is 2. The lowest BCUT2D eigenvalue weighted by Gasteiger charge is -2.32. The Kier molecular flexibility index (Phi) is 7.62. The Morgan fingerprint density at radius 1 is 1.00 bits per heavy atom. The summed E-state index contributed by atoms with van der Waals surface area (Å²) in [4.78, 5) is 26.6. The van der Waals surface area contributed by atoms with E-state index in [4.69, 9.17) is 0 Å². The summed E-state index contributed by atoms with van der Waals surface area (Å²) < 4.78 is 0.929. The number of halogens is 1. The number of hydrogen-bond acceptors (Lipinski definition) is 3. The fourth-order valence-corrected chi connectivity index (χ4v) is 3.63. The first-order valence-corrected chi connectivity index (χ1v) is 10.5. The molecule has 0 bridgehead atoms. The summed E-state index contributed by atoms with van der Waals surface area (Å²) in [5.41, 5.74) is 1.92. The Morgan fingerprint density at radius 2 is 1.68 bits per heavy atom. The van der Waals surface area contributed by atoms with Gasteiger partial charge in [0, 0.05) is 48.7 Å². The molecule has 1 fully saturated rings. The van der Waals surface area contributed by atoms with E-state index in [0.717, 1.165) is 36.9 Å². The van der Waals surface area contributed by atoms with Gasteiger partial charge in [-0.2, -0.15) is 0 Å². The molecule has 2 aromatic carbocycles. The number of benzene rings is 2. The zero-order chi connectivity index (χ0) is 19.8. The Bertz CT molecular complexity index is 772. The molecule has 2 aromatic rings. The van der Waals surface area contributed by atoms with Gasteiger partial charge < -0.3 is 10.6 Å². The lowest BCUT2D eigenvalue weighted by atomic mass is 10.0. The molecular weight excluding hydrogens is 418 g/mol. The van der Waals surface area contributed by atoms with E-state index in [1.165, 1.54) is 5.56 Å². The molecule has 0 aromatic heterocycles. The topological polar surface area (TPSA) is 61.4 Å². The molecule has 1 saturated heterocycles. The average Bonchev–Trinajstić information content (AvgIpc) is 2.71. The van der Waals surface area contributed by atoms with Crippen LogP contribution in [0.1, 0.15) is 35.2 Å². The highest BCUT2D eigenvalue weighted by Gasteiger charge is 2.20. The van der Waals surface area contributed by atoms with Gasteiger partial charge in [-0.1, -0.05) is 46.3 Å². The van der Waals surface area contributed by atoms with E-state index in [1.807, 2.05) is 18.2 Å². The molecule has 148 valence electrons. The van der Waals surface area contributed by atoms with E-state index >= 15 is 0 Å². The Hall–Kier alpha value is -2.18. The van der Waals surface area contributed by atoms with Crippen molar-refractivity contribution in [3.05, 3.63) is 70.2 Å². The van der Waals surface area contributed by atoms with Gasteiger partial charge in [-0.05, 0) is 42.7 Å². The quantitative estimate of drug-likeness (QED) is 0.689. The lowest BCUT2D eigenvalue weighted by Crippen LogP contribution is -2.45. The van der Waals surface area contributed by atoms with E-state index in [2.05, 4.69) is 55.7 Å². The predicted molar refractivity (Wildman–Crippen MR) is 114 cm³/mol. The first-order valence-electron chi connectivity index (χ1n) is 9.69. The Morgan fingerprint density at radius 3 is 2.36 bits per heavy atom. The third kappa shape index (κ3) is 6.46. The van der Waals surface area contributed by atoms with Crippen molar-refractivity contribution in [1.82, 2.24) is 15.5 Å². The molecular formula is C22H26BrN3O2. The number of hydrogen-bond donors (Lipinski definition) is 2. The molecule has 3 rings (SSSR count). The van der Waals surface area contributed by atoms with Gasteiger partial charge in [0.1, 0.15) is 0 Å². The normalized spacial score (nSPS) is 15.2. The molecule has 2 amide bonds. The van der Waals surface area contributed by atoms with Crippen LogP contribution >= 0.6 is 15.9 Å². The molecule has 1 heterocycles. The largest absolute Gasteiger partial charge is 0.353 e. The van der Waals surface area contributed by atoms with Crippen molar-refractivity contribution in [3.8, 4) is 0 Å². The van der Waals surface area contributed by atoms with Gasteiger partial charge in [0.15, 0.2) is 0 Å². The van der Waals surface area contributed by atoms with E-state index in [0.29, 0.717) is 18.5 Å². The molecule has 5 nitrogen and oxygen atoms in total. The summed E-state index contributed by atoms with van der Waals surface area (Å²) in [6.45, 7) is 3.28. The van der Waals surface area contributed by atoms with Crippen LogP contribution in [0.3, 0.4) is 0 Å². The summed E-state index contributed by atoms with van der Waals surface area (Å²) in [6.07, 6.45) is 2.22. The fourth-order valence-electron chi connectivity index (χ4n) is 3.37. The number of nitrogens with zero attached hydrogens (tertiary/aromatic N) is 1. The molecule has 6 heteroatoms. The Labute approximate surface area is 174 Å². The van der Waals surface area contributed by atoms with Crippen molar-refractivity contribution in [2.75, 3.05) is 19.6 Å². The standard InChI is InChI=1S/C22H26BrN3O2/c23-19-8-6-18(7-9-19)22(28)24-13-10-21(27)25-20-11-14-26(15-12-20)16-17-4-2-1-3-5-17/h1-9,20H,10-16H2,(H,24,28)(H,25,27). The third-order valence-corrected chi connectivity index (χ3v) is 5.47. The minimum Gasteiger partial charge on any atom is -0.353 e. The monoisotopic (exact) mass is 443 g/mol. The predicted octanol–water partition coefficient (Wildman–Crippen LogP) is 3.35. The fraction of sp³-hybridized carbons (Fsp3) is 0.364. The second kappa shape index (κ2) is 10.4. The minimum absolute atomic E-state index is 0.00221. The van der Waals surface area contributed by atoms with Crippen LogP contribution < -0.4 is 10.6 Å². The number of likely N-dealkylation sites (tertiary alicyclic amines) is 1. The van der Waals surface area contributed by atoms with Gasteiger partial charge in [0.25, 0.3) is 5.91 Å². The van der Waals surface area contributed by atoms with Gasteiger partial charge in [-0.15, -0.1) is 0 Å². The SMILES string of the molecule is O=C(CCNC(=O)c1ccc(Br)cc1)NC1CCN(Cc2ccccc2)CC1. The second-order valence-corrected chi connectivity index (χ2v) is 8.03. The number of rotatable bonds is 7. The molecule has 0 radical (unpaired) electrons. The van der Waals surface area contributed by atoms with Crippen molar-refractivity contribution in [2.45, 2.75) is 31.8 Å². The van der Waals surface area contributed by atoms with Crippen LogP contribution in [0.5, 0.6) is 0 Å². The van der Waals surface area contributed by atoms with Crippen LogP contribution in [0.25, 0.3) is 0 Å². The highest BCUT2D eigenvalue weighted by Crippen LogP contribution is 2.14. The van der Waals surface area contributed by atoms with E-state index in [1.54, 1.807) is 12.1 Å². The van der Waals surface area contributed by atoms with Crippen molar-refractivity contribution in [3.63, 3.8) is 0 Å². The zero-order valence-corrected chi connectivity index (χ0v) is 17.5. The minimum atomic E-state index is -0.158. The number of piperidine rings is 1. The van der Waals surface area contributed by atoms with Crippen LogP contribution in [0.2, 0.25) is 0 Å². The molecule has 0 spiro atoms. The highest BCUT2D eigenvalue weighted by atomic mass is 79.9. The van der Waals surface area contributed by atoms with Crippen LogP contribution in [0.4, 0.5) is 0 Å². The van der Waals surface area contributed by atoms with Gasteiger partial charge in [-0.3, -0.25) is 14.5 Å². The van der Waals surface area contributed by atoms with Crippen molar-refractivity contribution >= 4 is 27.7 Å². The molecule has 0 atom stereocenters. The highest BCUT2D eigenvalue weighted by molar-refractivity contribution is 9.10. The smallest absolute Gasteiger partial charge is 0.251 e. The van der Waals surface area contributed by atoms with Crippen molar-refractivity contribution in [2.24, 2.45) is 0 Å². The number of carbonyl (C=O) groups is 2. The zero-order valence-electron chi connectivity index (χ0n) is 15.9. The first kappa shape index (κ1) is 20.6. The van der Waals surface area contributed by atoms with E-state index in [-0.39, 0.29) is 17.9 Å². The number of carbonyl (C=O) groups excluding carboxylic acids is 2. The summed E-state index contributed by atoms with van der Waals surface area (Å²) in [6, 6.07) is 17.8. The van der Waals surface area contributed by atoms with Gasteiger partial charge in [-0.25, -0.2) is 0 Å². The van der Waals surface area contributed by atoms with Crippen LogP contribution in [-0.2, 0) is 11.3 Å². The molecule has 1 aliphatic heterocycles. The Balaban J connectivity index is 1.32. The molecule has 0 aliphatic carbocycles. The second-order valence-electron chi connectivity index (χ2n) is 7.12. The van der Waals surface area contributed by atoms with Crippen LogP contribution in [0, 0.1) is 0 Å². The summed E-state index contributed by atoms with van der Waals surface area (Å²) in [5.74, 6) is -0.160.